The predicted molar refractivity (Wildman–Crippen MR) is 98.2 cm³/mol. The van der Waals surface area contributed by atoms with E-state index in [2.05, 4.69) is 10.2 Å². The van der Waals surface area contributed by atoms with Crippen LogP contribution in [0.15, 0.2) is 30.3 Å². The van der Waals surface area contributed by atoms with Crippen LogP contribution in [0.4, 0.5) is 23.8 Å². The molecular weight excluding hydrogens is 373 g/mol. The van der Waals surface area contributed by atoms with E-state index in [1.165, 1.54) is 17.0 Å². The van der Waals surface area contributed by atoms with Crippen LogP contribution in [0.3, 0.4) is 0 Å². The molecule has 9 heteroatoms. The number of anilines is 1. The van der Waals surface area contributed by atoms with Crippen molar-refractivity contribution in [3.05, 3.63) is 41.5 Å². The average Bonchev–Trinajstić information content (AvgIpc) is 2.67. The van der Waals surface area contributed by atoms with E-state index in [1.807, 2.05) is 24.9 Å². The highest BCUT2D eigenvalue weighted by Gasteiger charge is 2.30. The van der Waals surface area contributed by atoms with Gasteiger partial charge in [0.1, 0.15) is 0 Å². The summed E-state index contributed by atoms with van der Waals surface area (Å²) in [4.78, 5) is 14.5. The van der Waals surface area contributed by atoms with Gasteiger partial charge in [0.25, 0.3) is 0 Å². The lowest BCUT2D eigenvalue weighted by Crippen LogP contribution is -2.48. The molecule has 28 heavy (non-hydrogen) atoms. The highest BCUT2D eigenvalue weighted by molar-refractivity contribution is 5.66. The quantitative estimate of drug-likeness (QED) is 0.851. The van der Waals surface area contributed by atoms with Crippen molar-refractivity contribution >= 4 is 11.9 Å². The molecule has 1 N–H and O–H groups in total. The number of rotatable bonds is 3. The second-order valence-corrected chi connectivity index (χ2v) is 6.94. The Morgan fingerprint density at radius 2 is 1.93 bits per heavy atom. The maximum absolute atomic E-state index is 12.7. The summed E-state index contributed by atoms with van der Waals surface area (Å²) < 4.78 is 38.2. The lowest BCUT2D eigenvalue weighted by molar-refractivity contribution is -0.137. The van der Waals surface area contributed by atoms with E-state index in [0.717, 1.165) is 30.5 Å². The molecule has 0 aliphatic carbocycles. The molecule has 150 valence electrons. The molecule has 1 saturated heterocycles. The molecule has 2 heterocycles. The largest absolute Gasteiger partial charge is 0.465 e. The predicted octanol–water partition coefficient (Wildman–Crippen LogP) is 4.05. The van der Waals surface area contributed by atoms with Gasteiger partial charge >= 0.3 is 12.3 Å². The number of carboxylic acid groups (broad SMARTS) is 1. The molecular formula is C19H21F3N4O2. The van der Waals surface area contributed by atoms with Gasteiger partial charge in [-0.15, -0.1) is 10.2 Å². The molecule has 0 saturated carbocycles. The number of aromatic nitrogens is 2. The molecule has 0 spiro atoms. The van der Waals surface area contributed by atoms with Crippen molar-refractivity contribution in [2.45, 2.75) is 32.0 Å². The van der Waals surface area contributed by atoms with Gasteiger partial charge in [0.05, 0.1) is 11.3 Å². The number of hydrogen-bond acceptors (Lipinski definition) is 4. The summed E-state index contributed by atoms with van der Waals surface area (Å²) in [6.07, 6.45) is -3.69. The fourth-order valence-corrected chi connectivity index (χ4v) is 3.38. The van der Waals surface area contributed by atoms with Crippen LogP contribution in [-0.4, -0.2) is 52.5 Å². The summed E-state index contributed by atoms with van der Waals surface area (Å²) >= 11 is 0. The second kappa shape index (κ2) is 7.65. The van der Waals surface area contributed by atoms with E-state index >= 15 is 0 Å². The molecule has 1 unspecified atom stereocenters. The molecule has 3 rings (SSSR count). The first-order valence-electron chi connectivity index (χ1n) is 8.89. The molecule has 6 nitrogen and oxygen atoms in total. The first kappa shape index (κ1) is 19.9. The summed E-state index contributed by atoms with van der Waals surface area (Å²) in [7, 11) is 1.84. The normalized spacial score (nSPS) is 17.5. The summed E-state index contributed by atoms with van der Waals surface area (Å²) in [6.45, 7) is 2.74. The standard InChI is InChI=1S/C19H21F3N4O2/c1-12-10-16(25(2)15-4-3-9-26(11-15)18(27)28)23-24-17(12)13-5-7-14(8-6-13)19(20,21)22/h5-8,10,15H,3-4,9,11H2,1-2H3,(H,27,28). The number of piperidine rings is 1. The first-order chi connectivity index (χ1) is 13.2. The van der Waals surface area contributed by atoms with Gasteiger partial charge in [-0.25, -0.2) is 4.79 Å². The van der Waals surface area contributed by atoms with E-state index in [9.17, 15) is 23.1 Å². The number of carbonyl (C=O) groups is 1. The van der Waals surface area contributed by atoms with Gasteiger partial charge in [-0.3, -0.25) is 0 Å². The zero-order chi connectivity index (χ0) is 20.5. The Morgan fingerprint density at radius 3 is 2.50 bits per heavy atom. The van der Waals surface area contributed by atoms with Crippen LogP contribution >= 0.6 is 0 Å². The van der Waals surface area contributed by atoms with E-state index in [-0.39, 0.29) is 6.04 Å². The third-order valence-corrected chi connectivity index (χ3v) is 5.03. The minimum Gasteiger partial charge on any atom is -0.465 e. The minimum absolute atomic E-state index is 0.00420. The van der Waals surface area contributed by atoms with E-state index < -0.39 is 17.8 Å². The number of likely N-dealkylation sites (tertiary alicyclic amines) is 1. The Balaban J connectivity index is 1.79. The van der Waals surface area contributed by atoms with Crippen molar-refractivity contribution in [3.63, 3.8) is 0 Å². The van der Waals surface area contributed by atoms with Gasteiger partial charge in [-0.2, -0.15) is 13.2 Å². The van der Waals surface area contributed by atoms with Crippen molar-refractivity contribution in [2.24, 2.45) is 0 Å². The highest BCUT2D eigenvalue weighted by atomic mass is 19.4. The highest BCUT2D eigenvalue weighted by Crippen LogP contribution is 2.31. The Hall–Kier alpha value is -2.84. The Labute approximate surface area is 160 Å². The maximum Gasteiger partial charge on any atom is 0.416 e. The second-order valence-electron chi connectivity index (χ2n) is 6.94. The zero-order valence-electron chi connectivity index (χ0n) is 15.6. The Bertz CT molecular complexity index is 855. The smallest absolute Gasteiger partial charge is 0.416 e. The molecule has 2 aromatic rings. The molecule has 1 aliphatic rings. The van der Waals surface area contributed by atoms with Gasteiger partial charge in [-0.1, -0.05) is 12.1 Å². The number of likely N-dealkylation sites (N-methyl/N-ethyl adjacent to an activating group) is 1. The fraction of sp³-hybridized carbons (Fsp3) is 0.421. The maximum atomic E-state index is 12.7. The Kier molecular flexibility index (Phi) is 5.44. The Morgan fingerprint density at radius 1 is 1.25 bits per heavy atom. The number of amides is 1. The topological polar surface area (TPSA) is 69.6 Å². The molecule has 1 aromatic heterocycles. The van der Waals surface area contributed by atoms with Crippen LogP contribution in [0, 0.1) is 6.92 Å². The van der Waals surface area contributed by atoms with Crippen molar-refractivity contribution in [1.82, 2.24) is 15.1 Å². The van der Waals surface area contributed by atoms with Gasteiger partial charge in [-0.05, 0) is 43.5 Å². The fourth-order valence-electron chi connectivity index (χ4n) is 3.38. The average molecular weight is 394 g/mol. The summed E-state index contributed by atoms with van der Waals surface area (Å²) in [5, 5.41) is 17.6. The SMILES string of the molecule is Cc1cc(N(C)C2CCCN(C(=O)O)C2)nnc1-c1ccc(C(F)(F)F)cc1. The van der Waals surface area contributed by atoms with Gasteiger partial charge in [0.15, 0.2) is 5.82 Å². The summed E-state index contributed by atoms with van der Waals surface area (Å²) in [6, 6.07) is 6.64. The summed E-state index contributed by atoms with van der Waals surface area (Å²) in [5.74, 6) is 0.602. The molecule has 0 radical (unpaired) electrons. The number of hydrogen-bond donors (Lipinski definition) is 1. The van der Waals surface area contributed by atoms with Gasteiger partial charge in [0, 0.05) is 31.7 Å². The number of aryl methyl sites for hydroxylation is 1. The van der Waals surface area contributed by atoms with Crippen LogP contribution in [0.2, 0.25) is 0 Å². The van der Waals surface area contributed by atoms with Crippen LogP contribution in [0.1, 0.15) is 24.0 Å². The van der Waals surface area contributed by atoms with Crippen molar-refractivity contribution in [3.8, 4) is 11.3 Å². The molecule has 1 fully saturated rings. The van der Waals surface area contributed by atoms with Gasteiger partial charge < -0.3 is 14.9 Å². The third-order valence-electron chi connectivity index (χ3n) is 5.03. The molecule has 1 amide bonds. The minimum atomic E-state index is -4.38. The monoisotopic (exact) mass is 394 g/mol. The lowest BCUT2D eigenvalue weighted by Gasteiger charge is -2.36. The van der Waals surface area contributed by atoms with Crippen molar-refractivity contribution in [2.75, 3.05) is 25.0 Å². The van der Waals surface area contributed by atoms with E-state index in [4.69, 9.17) is 0 Å². The number of halogens is 3. The first-order valence-corrected chi connectivity index (χ1v) is 8.89. The van der Waals surface area contributed by atoms with Crippen LogP contribution in [0.5, 0.6) is 0 Å². The van der Waals surface area contributed by atoms with Crippen LogP contribution in [0.25, 0.3) is 11.3 Å². The number of alkyl halides is 3. The molecule has 1 aliphatic heterocycles. The van der Waals surface area contributed by atoms with Crippen molar-refractivity contribution in [1.29, 1.82) is 0 Å². The van der Waals surface area contributed by atoms with E-state index in [1.54, 1.807) is 0 Å². The number of nitrogens with zero attached hydrogens (tertiary/aromatic N) is 4. The lowest BCUT2D eigenvalue weighted by atomic mass is 10.0. The van der Waals surface area contributed by atoms with Gasteiger partial charge in [0.2, 0.25) is 0 Å². The zero-order valence-corrected chi connectivity index (χ0v) is 15.6. The van der Waals surface area contributed by atoms with Crippen LogP contribution < -0.4 is 4.90 Å². The molecule has 1 atom stereocenters. The van der Waals surface area contributed by atoms with Crippen molar-refractivity contribution < 1.29 is 23.1 Å². The van der Waals surface area contributed by atoms with Crippen LogP contribution in [-0.2, 0) is 6.18 Å². The third kappa shape index (κ3) is 4.18. The molecule has 1 aromatic carbocycles. The summed E-state index contributed by atoms with van der Waals surface area (Å²) in [5.41, 5.74) is 1.14. The molecule has 0 bridgehead atoms. The van der Waals surface area contributed by atoms with E-state index in [0.29, 0.717) is 30.2 Å². The number of benzene rings is 1.